The molecule has 0 aromatic heterocycles. The molecule has 0 radical (unpaired) electrons. The highest BCUT2D eigenvalue weighted by atomic mass is 15.3. The molecule has 0 aromatic rings. The van der Waals surface area contributed by atoms with Crippen LogP contribution in [0.1, 0.15) is 54.4 Å². The molecule has 0 amide bonds. The molecule has 1 heterocycles. The molecule has 1 aliphatic rings. The molecule has 0 bridgehead atoms. The van der Waals surface area contributed by atoms with Crippen LogP contribution in [0.3, 0.4) is 0 Å². The van der Waals surface area contributed by atoms with Gasteiger partial charge in [0.05, 0.1) is 0 Å². The van der Waals surface area contributed by atoms with Crippen LogP contribution in [-0.4, -0.2) is 48.1 Å². The predicted molar refractivity (Wildman–Crippen MR) is 76.5 cm³/mol. The van der Waals surface area contributed by atoms with E-state index in [1.807, 2.05) is 0 Å². The monoisotopic (exact) mass is 240 g/mol. The zero-order chi connectivity index (χ0) is 13.1. The van der Waals surface area contributed by atoms with E-state index in [1.54, 1.807) is 0 Å². The summed E-state index contributed by atoms with van der Waals surface area (Å²) in [6.07, 6.45) is 2.55. The molecule has 0 unspecified atom stereocenters. The maximum atomic E-state index is 2.68. The van der Waals surface area contributed by atoms with E-state index >= 15 is 0 Å². The van der Waals surface area contributed by atoms with Crippen molar-refractivity contribution in [2.75, 3.05) is 32.7 Å². The van der Waals surface area contributed by atoms with Gasteiger partial charge in [-0.1, -0.05) is 27.7 Å². The summed E-state index contributed by atoms with van der Waals surface area (Å²) in [7, 11) is 0. The van der Waals surface area contributed by atoms with Crippen molar-refractivity contribution in [3.63, 3.8) is 0 Å². The molecule has 0 atom stereocenters. The van der Waals surface area contributed by atoms with Gasteiger partial charge in [-0.25, -0.2) is 0 Å². The van der Waals surface area contributed by atoms with Gasteiger partial charge in [-0.3, -0.25) is 4.90 Å². The first kappa shape index (κ1) is 15.0. The minimum absolute atomic E-state index is 0.344. The molecule has 0 aromatic carbocycles. The van der Waals surface area contributed by atoms with E-state index in [4.69, 9.17) is 0 Å². The molecule has 1 aliphatic heterocycles. The minimum Gasteiger partial charge on any atom is -0.301 e. The summed E-state index contributed by atoms with van der Waals surface area (Å²) >= 11 is 0. The second kappa shape index (κ2) is 5.71. The molecule has 0 aliphatic carbocycles. The third kappa shape index (κ3) is 4.97. The fourth-order valence-electron chi connectivity index (χ4n) is 3.30. The van der Waals surface area contributed by atoms with E-state index < -0.39 is 0 Å². The SMILES string of the molecule is CCCN1CCN(C(C)(C)CC(C)(C)C)CC1. The first-order valence-corrected chi connectivity index (χ1v) is 7.22. The van der Waals surface area contributed by atoms with Gasteiger partial charge in [0.1, 0.15) is 0 Å². The van der Waals surface area contributed by atoms with E-state index in [1.165, 1.54) is 45.6 Å². The van der Waals surface area contributed by atoms with Gasteiger partial charge in [-0.05, 0) is 38.6 Å². The van der Waals surface area contributed by atoms with E-state index in [0.29, 0.717) is 11.0 Å². The van der Waals surface area contributed by atoms with Crippen molar-refractivity contribution < 1.29 is 0 Å². The molecule has 2 nitrogen and oxygen atoms in total. The first-order valence-electron chi connectivity index (χ1n) is 7.22. The summed E-state index contributed by atoms with van der Waals surface area (Å²) < 4.78 is 0. The van der Waals surface area contributed by atoms with Crippen molar-refractivity contribution in [1.29, 1.82) is 0 Å². The Morgan fingerprint density at radius 1 is 0.882 bits per heavy atom. The average molecular weight is 240 g/mol. The Kier molecular flexibility index (Phi) is 5.03. The summed E-state index contributed by atoms with van der Waals surface area (Å²) in [6, 6.07) is 0. The molecule has 0 N–H and O–H groups in total. The summed E-state index contributed by atoms with van der Waals surface area (Å²) in [4.78, 5) is 5.29. The molecule has 0 spiro atoms. The summed E-state index contributed by atoms with van der Waals surface area (Å²) in [6.45, 7) is 20.4. The molecular weight excluding hydrogens is 208 g/mol. The van der Waals surface area contributed by atoms with Crippen molar-refractivity contribution >= 4 is 0 Å². The van der Waals surface area contributed by atoms with Crippen LogP contribution >= 0.6 is 0 Å². The summed E-state index contributed by atoms with van der Waals surface area (Å²) in [5.41, 5.74) is 0.764. The van der Waals surface area contributed by atoms with Crippen molar-refractivity contribution in [2.24, 2.45) is 5.41 Å². The predicted octanol–water partition coefficient (Wildman–Crippen LogP) is 3.23. The van der Waals surface area contributed by atoms with Gasteiger partial charge in [-0.15, -0.1) is 0 Å². The molecule has 0 saturated carbocycles. The van der Waals surface area contributed by atoms with Crippen LogP contribution < -0.4 is 0 Å². The van der Waals surface area contributed by atoms with Crippen molar-refractivity contribution in [1.82, 2.24) is 9.80 Å². The number of piperazine rings is 1. The maximum Gasteiger partial charge on any atom is 0.0159 e. The lowest BCUT2D eigenvalue weighted by molar-refractivity contribution is 0.0285. The zero-order valence-electron chi connectivity index (χ0n) is 12.8. The number of rotatable bonds is 4. The second-order valence-electron chi connectivity index (χ2n) is 7.38. The maximum absolute atomic E-state index is 2.68. The van der Waals surface area contributed by atoms with Crippen molar-refractivity contribution in [3.8, 4) is 0 Å². The smallest absolute Gasteiger partial charge is 0.0159 e. The van der Waals surface area contributed by atoms with Gasteiger partial charge in [-0.2, -0.15) is 0 Å². The van der Waals surface area contributed by atoms with E-state index in [-0.39, 0.29) is 0 Å². The highest BCUT2D eigenvalue weighted by Crippen LogP contribution is 2.31. The highest BCUT2D eigenvalue weighted by molar-refractivity contribution is 4.88. The normalized spacial score (nSPS) is 20.8. The lowest BCUT2D eigenvalue weighted by Gasteiger charge is -2.46. The molecule has 1 rings (SSSR count). The van der Waals surface area contributed by atoms with Gasteiger partial charge in [0.15, 0.2) is 0 Å². The Bertz CT molecular complexity index is 220. The van der Waals surface area contributed by atoms with Gasteiger partial charge < -0.3 is 4.90 Å². The Balaban J connectivity index is 2.47. The largest absolute Gasteiger partial charge is 0.301 e. The molecule has 1 fully saturated rings. The highest BCUT2D eigenvalue weighted by Gasteiger charge is 2.33. The summed E-state index contributed by atoms with van der Waals surface area (Å²) in [5.74, 6) is 0. The van der Waals surface area contributed by atoms with E-state index in [2.05, 4.69) is 51.3 Å². The van der Waals surface area contributed by atoms with Gasteiger partial charge in [0, 0.05) is 31.7 Å². The third-order valence-electron chi connectivity index (χ3n) is 3.73. The van der Waals surface area contributed by atoms with Gasteiger partial charge in [0.25, 0.3) is 0 Å². The Labute approximate surface area is 108 Å². The van der Waals surface area contributed by atoms with Crippen molar-refractivity contribution in [3.05, 3.63) is 0 Å². The minimum atomic E-state index is 0.344. The number of hydrogen-bond donors (Lipinski definition) is 0. The van der Waals surface area contributed by atoms with Crippen LogP contribution in [0.15, 0.2) is 0 Å². The van der Waals surface area contributed by atoms with Crippen LogP contribution in [0, 0.1) is 5.41 Å². The second-order valence-corrected chi connectivity index (χ2v) is 7.38. The molecule has 102 valence electrons. The lowest BCUT2D eigenvalue weighted by atomic mass is 9.80. The van der Waals surface area contributed by atoms with E-state index in [0.717, 1.165) is 0 Å². The number of nitrogens with zero attached hydrogens (tertiary/aromatic N) is 2. The first-order chi connectivity index (χ1) is 7.74. The fraction of sp³-hybridized carbons (Fsp3) is 1.00. The van der Waals surface area contributed by atoms with Crippen LogP contribution in [-0.2, 0) is 0 Å². The van der Waals surface area contributed by atoms with Crippen LogP contribution in [0.2, 0.25) is 0 Å². The molecular formula is C15H32N2. The fourth-order valence-corrected chi connectivity index (χ4v) is 3.30. The number of hydrogen-bond acceptors (Lipinski definition) is 2. The van der Waals surface area contributed by atoms with Crippen molar-refractivity contribution in [2.45, 2.75) is 59.9 Å². The van der Waals surface area contributed by atoms with Crippen LogP contribution in [0.5, 0.6) is 0 Å². The molecule has 2 heteroatoms. The van der Waals surface area contributed by atoms with Crippen LogP contribution in [0.25, 0.3) is 0 Å². The summed E-state index contributed by atoms with van der Waals surface area (Å²) in [5, 5.41) is 0. The average Bonchev–Trinajstić information content (AvgIpc) is 2.15. The Morgan fingerprint density at radius 3 is 1.82 bits per heavy atom. The Hall–Kier alpha value is -0.0800. The Morgan fingerprint density at radius 2 is 1.41 bits per heavy atom. The third-order valence-corrected chi connectivity index (χ3v) is 3.73. The standard InChI is InChI=1S/C15H32N2/c1-7-8-16-9-11-17(12-10-16)15(5,6)13-14(2,3)4/h7-13H2,1-6H3. The van der Waals surface area contributed by atoms with Gasteiger partial charge in [0.2, 0.25) is 0 Å². The van der Waals surface area contributed by atoms with E-state index in [9.17, 15) is 0 Å². The topological polar surface area (TPSA) is 6.48 Å². The van der Waals surface area contributed by atoms with Gasteiger partial charge >= 0.3 is 0 Å². The zero-order valence-corrected chi connectivity index (χ0v) is 12.8. The molecule has 1 saturated heterocycles. The van der Waals surface area contributed by atoms with Crippen LogP contribution in [0.4, 0.5) is 0 Å². The lowest BCUT2D eigenvalue weighted by Crippen LogP contribution is -2.55. The quantitative estimate of drug-likeness (QED) is 0.744. The molecule has 17 heavy (non-hydrogen) atoms.